The van der Waals surface area contributed by atoms with Crippen molar-refractivity contribution in [2.75, 3.05) is 13.1 Å². The lowest BCUT2D eigenvalue weighted by molar-refractivity contribution is -0.137. The van der Waals surface area contributed by atoms with E-state index < -0.39 is 23.8 Å². The number of halogens is 1. The van der Waals surface area contributed by atoms with E-state index in [0.29, 0.717) is 18.4 Å². The number of fused-ring (bicyclic) bond motifs is 1. The summed E-state index contributed by atoms with van der Waals surface area (Å²) in [7, 11) is 0. The topological polar surface area (TPSA) is 78.5 Å². The molecule has 7 heteroatoms. The van der Waals surface area contributed by atoms with Crippen molar-refractivity contribution in [3.63, 3.8) is 0 Å². The quantitative estimate of drug-likeness (QED) is 0.558. The second-order valence-corrected chi connectivity index (χ2v) is 6.10. The van der Waals surface area contributed by atoms with Gasteiger partial charge in [0.2, 0.25) is 11.8 Å². The Morgan fingerprint density at radius 1 is 0.952 bits per heavy atom. The fourth-order valence-corrected chi connectivity index (χ4v) is 3.92. The largest absolute Gasteiger partial charge is 1.00 e. The number of barbiturate groups is 1. The van der Waals surface area contributed by atoms with Crippen LogP contribution < -0.4 is 23.0 Å². The smallest absolute Gasteiger partial charge is 0.328 e. The zero-order chi connectivity index (χ0) is 14.1. The van der Waals surface area contributed by atoms with E-state index in [-0.39, 0.29) is 12.4 Å². The molecule has 3 aliphatic heterocycles. The number of piperidine rings is 2. The van der Waals surface area contributed by atoms with Gasteiger partial charge in [0.05, 0.1) is 0 Å². The van der Waals surface area contributed by atoms with E-state index in [1.54, 1.807) is 0 Å². The van der Waals surface area contributed by atoms with Crippen LogP contribution in [-0.2, 0) is 9.59 Å². The first-order chi connectivity index (χ1) is 9.65. The van der Waals surface area contributed by atoms with Crippen LogP contribution in [0.5, 0.6) is 0 Å². The van der Waals surface area contributed by atoms with Gasteiger partial charge in [-0.2, -0.15) is 0 Å². The Hall–Kier alpha value is -1.14. The Morgan fingerprint density at radius 2 is 1.62 bits per heavy atom. The molecule has 3 rings (SSSR count). The van der Waals surface area contributed by atoms with Crippen LogP contribution in [0.25, 0.3) is 0 Å². The Bertz CT molecular complexity index is 421. The van der Waals surface area contributed by atoms with Crippen molar-refractivity contribution in [3.8, 4) is 0 Å². The maximum Gasteiger partial charge on any atom is 0.328 e. The fraction of sp³-hybridized carbons (Fsp3) is 0.786. The second-order valence-electron chi connectivity index (χ2n) is 6.10. The van der Waals surface area contributed by atoms with Crippen molar-refractivity contribution in [3.05, 3.63) is 0 Å². The van der Waals surface area contributed by atoms with E-state index in [4.69, 9.17) is 0 Å². The Labute approximate surface area is 130 Å². The highest BCUT2D eigenvalue weighted by Gasteiger charge is 2.40. The van der Waals surface area contributed by atoms with Gasteiger partial charge < -0.3 is 17.3 Å². The van der Waals surface area contributed by atoms with Crippen LogP contribution in [0.15, 0.2) is 0 Å². The molecule has 0 radical (unpaired) electrons. The molecule has 3 fully saturated rings. The summed E-state index contributed by atoms with van der Waals surface area (Å²) >= 11 is 0. The van der Waals surface area contributed by atoms with E-state index in [0.717, 1.165) is 25.9 Å². The van der Waals surface area contributed by atoms with Crippen LogP contribution in [-0.4, -0.2) is 41.9 Å². The molecule has 2 unspecified atom stereocenters. The molecule has 0 bridgehead atoms. The maximum absolute atomic E-state index is 11.8. The summed E-state index contributed by atoms with van der Waals surface area (Å²) in [4.78, 5) is 37.3. The molecule has 3 heterocycles. The standard InChI is InChI=1S/C14H21N3O3.ClH/c18-12-10(13(19)16-14(20)15-12)8-9-4-3-7-17-6-2-1-5-11(9)17;/h9-11H,1-8H2,(H2,15,16,18,19,20);1H/p-1. The number of nitrogens with one attached hydrogen (secondary N) is 2. The minimum absolute atomic E-state index is 0. The molecule has 3 aliphatic rings. The molecule has 0 spiro atoms. The average Bonchev–Trinajstić information content (AvgIpc) is 2.43. The van der Waals surface area contributed by atoms with Crippen molar-refractivity contribution in [2.24, 2.45) is 11.8 Å². The van der Waals surface area contributed by atoms with E-state index in [1.165, 1.54) is 19.3 Å². The van der Waals surface area contributed by atoms with Crippen molar-refractivity contribution >= 4 is 17.8 Å². The number of nitrogens with zero attached hydrogens (tertiary/aromatic N) is 1. The van der Waals surface area contributed by atoms with Crippen molar-refractivity contribution in [2.45, 2.75) is 44.6 Å². The van der Waals surface area contributed by atoms with E-state index in [9.17, 15) is 14.4 Å². The molecule has 0 aromatic carbocycles. The molecule has 0 aromatic heterocycles. The molecule has 4 amide bonds. The number of hydrogen-bond donors (Lipinski definition) is 2. The summed E-state index contributed by atoms with van der Waals surface area (Å²) in [6.45, 7) is 2.28. The minimum Gasteiger partial charge on any atom is -1.00 e. The summed E-state index contributed by atoms with van der Waals surface area (Å²) in [5.41, 5.74) is 0. The zero-order valence-electron chi connectivity index (χ0n) is 11.9. The number of imide groups is 2. The SMILES string of the molecule is O=C1NC(=O)C(CC2CCCN3CCCCC23)C(=O)N1.[Cl-]. The predicted molar refractivity (Wildman–Crippen MR) is 71.7 cm³/mol. The normalized spacial score (nSPS) is 31.0. The van der Waals surface area contributed by atoms with Crippen molar-refractivity contribution < 1.29 is 26.8 Å². The van der Waals surface area contributed by atoms with Crippen LogP contribution in [0.3, 0.4) is 0 Å². The average molecular weight is 315 g/mol. The van der Waals surface area contributed by atoms with Gasteiger partial charge >= 0.3 is 6.03 Å². The highest BCUT2D eigenvalue weighted by Crippen LogP contribution is 2.34. The molecule has 118 valence electrons. The highest BCUT2D eigenvalue weighted by atomic mass is 35.5. The van der Waals surface area contributed by atoms with Gasteiger partial charge in [0, 0.05) is 6.04 Å². The van der Waals surface area contributed by atoms with E-state index in [1.807, 2.05) is 0 Å². The molecule has 2 atom stereocenters. The number of amides is 4. The first kappa shape index (κ1) is 16.2. The number of hydrogen-bond acceptors (Lipinski definition) is 4. The molecular weight excluding hydrogens is 294 g/mol. The first-order valence-electron chi connectivity index (χ1n) is 7.55. The number of urea groups is 1. The lowest BCUT2D eigenvalue weighted by Crippen LogP contribution is -3.00. The van der Waals surface area contributed by atoms with E-state index >= 15 is 0 Å². The fourth-order valence-electron chi connectivity index (χ4n) is 3.92. The van der Waals surface area contributed by atoms with Gasteiger partial charge in [-0.1, -0.05) is 6.42 Å². The number of carbonyl (C=O) groups excluding carboxylic acids is 3. The number of rotatable bonds is 2. The zero-order valence-corrected chi connectivity index (χ0v) is 12.7. The van der Waals surface area contributed by atoms with Crippen LogP contribution >= 0.6 is 0 Å². The molecule has 3 saturated heterocycles. The molecule has 21 heavy (non-hydrogen) atoms. The van der Waals surface area contributed by atoms with Gasteiger partial charge in [-0.05, 0) is 51.1 Å². The van der Waals surface area contributed by atoms with Gasteiger partial charge in [0.15, 0.2) is 0 Å². The van der Waals surface area contributed by atoms with Crippen LogP contribution in [0, 0.1) is 11.8 Å². The van der Waals surface area contributed by atoms with Gasteiger partial charge in [-0.15, -0.1) is 0 Å². The third-order valence-corrected chi connectivity index (χ3v) is 4.87. The lowest BCUT2D eigenvalue weighted by Gasteiger charge is -2.45. The van der Waals surface area contributed by atoms with Crippen LogP contribution in [0.2, 0.25) is 0 Å². The first-order valence-corrected chi connectivity index (χ1v) is 7.55. The predicted octanol–water partition coefficient (Wildman–Crippen LogP) is -2.37. The lowest BCUT2D eigenvalue weighted by atomic mass is 9.78. The Morgan fingerprint density at radius 3 is 2.33 bits per heavy atom. The van der Waals surface area contributed by atoms with E-state index in [2.05, 4.69) is 15.5 Å². The maximum atomic E-state index is 11.8. The highest BCUT2D eigenvalue weighted by molar-refractivity contribution is 6.16. The van der Waals surface area contributed by atoms with Crippen LogP contribution in [0.1, 0.15) is 38.5 Å². The Balaban J connectivity index is 0.00000161. The molecular formula is C14H21ClN3O3-. The monoisotopic (exact) mass is 314 g/mol. The molecule has 0 aliphatic carbocycles. The van der Waals surface area contributed by atoms with Crippen molar-refractivity contribution in [1.82, 2.24) is 15.5 Å². The third kappa shape index (κ3) is 3.37. The summed E-state index contributed by atoms with van der Waals surface area (Å²) in [6.07, 6.45) is 6.43. The molecule has 6 nitrogen and oxygen atoms in total. The second kappa shape index (κ2) is 6.75. The number of carbonyl (C=O) groups is 3. The Kier molecular flexibility index (Phi) is 5.22. The van der Waals surface area contributed by atoms with Crippen molar-refractivity contribution in [1.29, 1.82) is 0 Å². The molecule has 2 N–H and O–H groups in total. The van der Waals surface area contributed by atoms with Gasteiger partial charge in [-0.25, -0.2) is 4.79 Å². The molecule has 0 saturated carbocycles. The van der Waals surface area contributed by atoms with Crippen LogP contribution in [0.4, 0.5) is 4.79 Å². The van der Waals surface area contributed by atoms with Gasteiger partial charge in [-0.3, -0.25) is 20.2 Å². The minimum atomic E-state index is -0.709. The summed E-state index contributed by atoms with van der Waals surface area (Å²) < 4.78 is 0. The van der Waals surface area contributed by atoms with Gasteiger partial charge in [0.1, 0.15) is 5.92 Å². The van der Waals surface area contributed by atoms with Gasteiger partial charge in [0.25, 0.3) is 0 Å². The molecule has 0 aromatic rings. The summed E-state index contributed by atoms with van der Waals surface area (Å²) in [6, 6.07) is -0.185. The third-order valence-electron chi connectivity index (χ3n) is 4.87. The summed E-state index contributed by atoms with van der Waals surface area (Å²) in [5.74, 6) is -1.20. The summed E-state index contributed by atoms with van der Waals surface area (Å²) in [5, 5.41) is 4.40.